The number of hydrogen-bond donors (Lipinski definition) is 1. The van der Waals surface area contributed by atoms with Crippen LogP contribution in [0, 0.1) is 0 Å². The molecule has 1 saturated heterocycles. The number of likely N-dealkylation sites (tertiary alicyclic amines) is 1. The molecule has 2 aliphatic heterocycles. The number of benzene rings is 2. The average molecular weight is 308 g/mol. The smallest absolute Gasteiger partial charge is 0.234 e. The Kier molecular flexibility index (Phi) is 3.54. The lowest BCUT2D eigenvalue weighted by atomic mass is 9.86. The molecule has 4 rings (SSSR count). The van der Waals surface area contributed by atoms with E-state index < -0.39 is 0 Å². The molecule has 0 radical (unpaired) electrons. The molecule has 0 atom stereocenters. The van der Waals surface area contributed by atoms with Gasteiger partial charge in [0, 0.05) is 30.3 Å². The first-order chi connectivity index (χ1) is 11.3. The third-order valence-corrected chi connectivity index (χ3v) is 4.61. The van der Waals surface area contributed by atoms with Crippen LogP contribution >= 0.6 is 0 Å². The van der Waals surface area contributed by atoms with Crippen molar-refractivity contribution in [3.8, 4) is 11.5 Å². The minimum atomic E-state index is -0.265. The van der Waals surface area contributed by atoms with Crippen molar-refractivity contribution in [1.29, 1.82) is 0 Å². The van der Waals surface area contributed by atoms with Crippen LogP contribution in [-0.2, 0) is 4.79 Å². The predicted molar refractivity (Wildman–Crippen MR) is 88.8 cm³/mol. The van der Waals surface area contributed by atoms with Gasteiger partial charge in [-0.1, -0.05) is 43.3 Å². The molecule has 2 heterocycles. The zero-order chi connectivity index (χ0) is 15.8. The van der Waals surface area contributed by atoms with Crippen LogP contribution in [0.4, 0.5) is 0 Å². The van der Waals surface area contributed by atoms with Crippen molar-refractivity contribution in [1.82, 2.24) is 10.2 Å². The van der Waals surface area contributed by atoms with Gasteiger partial charge in [-0.05, 0) is 18.7 Å². The van der Waals surface area contributed by atoms with Crippen molar-refractivity contribution < 1.29 is 9.53 Å². The van der Waals surface area contributed by atoms with Gasteiger partial charge in [-0.15, -0.1) is 0 Å². The number of likely N-dealkylation sites (N-methyl/N-ethyl adjacent to an activating group) is 1. The van der Waals surface area contributed by atoms with E-state index in [2.05, 4.69) is 12.2 Å². The van der Waals surface area contributed by atoms with Crippen LogP contribution in [0.2, 0.25) is 0 Å². The Bertz CT molecular complexity index is 692. The fourth-order valence-electron chi connectivity index (χ4n) is 3.43. The number of carbonyl (C=O) groups excluding carboxylic acids is 1. The van der Waals surface area contributed by atoms with Gasteiger partial charge < -0.3 is 15.0 Å². The molecule has 4 heteroatoms. The molecule has 0 saturated carbocycles. The van der Waals surface area contributed by atoms with E-state index in [9.17, 15) is 4.79 Å². The minimum Gasteiger partial charge on any atom is -0.457 e. The first kappa shape index (κ1) is 14.3. The summed E-state index contributed by atoms with van der Waals surface area (Å²) in [6, 6.07) is 16.1. The van der Waals surface area contributed by atoms with Crippen LogP contribution in [0.25, 0.3) is 0 Å². The topological polar surface area (TPSA) is 41.6 Å². The molecule has 4 nitrogen and oxygen atoms in total. The molecule has 23 heavy (non-hydrogen) atoms. The van der Waals surface area contributed by atoms with Crippen molar-refractivity contribution in [3.05, 3.63) is 59.7 Å². The number of fused-ring (bicyclic) bond motifs is 2. The highest BCUT2D eigenvalue weighted by Crippen LogP contribution is 2.44. The Morgan fingerprint density at radius 3 is 2.22 bits per heavy atom. The van der Waals surface area contributed by atoms with Crippen molar-refractivity contribution in [2.45, 2.75) is 18.9 Å². The first-order valence-corrected chi connectivity index (χ1v) is 8.15. The normalized spacial score (nSPS) is 17.0. The number of para-hydroxylation sites is 2. The van der Waals surface area contributed by atoms with Crippen molar-refractivity contribution in [2.75, 3.05) is 19.6 Å². The summed E-state index contributed by atoms with van der Waals surface area (Å²) in [5.41, 5.74) is 1.92. The van der Waals surface area contributed by atoms with E-state index in [4.69, 9.17) is 4.74 Å². The lowest BCUT2D eigenvalue weighted by molar-refractivity contribution is -0.136. The van der Waals surface area contributed by atoms with Crippen LogP contribution in [0.3, 0.4) is 0 Å². The van der Waals surface area contributed by atoms with Gasteiger partial charge in [0.15, 0.2) is 0 Å². The number of hydrogen-bond acceptors (Lipinski definition) is 3. The van der Waals surface area contributed by atoms with Gasteiger partial charge in [0.2, 0.25) is 5.91 Å². The maximum absolute atomic E-state index is 13.1. The Hall–Kier alpha value is -2.33. The monoisotopic (exact) mass is 308 g/mol. The van der Waals surface area contributed by atoms with E-state index in [0.717, 1.165) is 42.3 Å². The van der Waals surface area contributed by atoms with E-state index in [1.165, 1.54) is 0 Å². The number of rotatable bonds is 3. The molecule has 0 spiro atoms. The second-order valence-electron chi connectivity index (χ2n) is 6.11. The third-order valence-electron chi connectivity index (χ3n) is 4.61. The van der Waals surface area contributed by atoms with Crippen molar-refractivity contribution in [2.24, 2.45) is 0 Å². The number of amides is 1. The van der Waals surface area contributed by atoms with Crippen LogP contribution in [0.15, 0.2) is 48.5 Å². The molecule has 1 fully saturated rings. The second-order valence-corrected chi connectivity index (χ2v) is 6.11. The fourth-order valence-corrected chi connectivity index (χ4v) is 3.43. The second kappa shape index (κ2) is 5.70. The summed E-state index contributed by atoms with van der Waals surface area (Å²) in [6.07, 6.45) is 0. The molecule has 2 aromatic carbocycles. The van der Waals surface area contributed by atoms with Gasteiger partial charge in [0.1, 0.15) is 11.5 Å². The molecule has 0 aromatic heterocycles. The van der Waals surface area contributed by atoms with Gasteiger partial charge in [-0.25, -0.2) is 0 Å². The summed E-state index contributed by atoms with van der Waals surface area (Å²) in [6.45, 7) is 4.60. The van der Waals surface area contributed by atoms with Crippen LogP contribution < -0.4 is 10.1 Å². The van der Waals surface area contributed by atoms with Crippen molar-refractivity contribution >= 4 is 5.91 Å². The highest BCUT2D eigenvalue weighted by atomic mass is 16.5. The lowest BCUT2D eigenvalue weighted by Crippen LogP contribution is -2.60. The first-order valence-electron chi connectivity index (χ1n) is 8.15. The maximum Gasteiger partial charge on any atom is 0.234 e. The zero-order valence-electron chi connectivity index (χ0n) is 13.2. The lowest BCUT2D eigenvalue weighted by Gasteiger charge is -2.42. The van der Waals surface area contributed by atoms with Gasteiger partial charge in [-0.3, -0.25) is 4.79 Å². The Morgan fingerprint density at radius 2 is 1.65 bits per heavy atom. The molecular formula is C19H20N2O2. The molecule has 2 aliphatic rings. The summed E-state index contributed by atoms with van der Waals surface area (Å²) in [7, 11) is 0. The van der Waals surface area contributed by atoms with Gasteiger partial charge >= 0.3 is 0 Å². The van der Waals surface area contributed by atoms with Gasteiger partial charge in [-0.2, -0.15) is 0 Å². The molecule has 1 amide bonds. The molecular weight excluding hydrogens is 288 g/mol. The van der Waals surface area contributed by atoms with E-state index in [-0.39, 0.29) is 11.8 Å². The van der Waals surface area contributed by atoms with Crippen LogP contribution in [0.5, 0.6) is 11.5 Å². The number of ether oxygens (including phenoxy) is 1. The van der Waals surface area contributed by atoms with Crippen molar-refractivity contribution in [3.63, 3.8) is 0 Å². The van der Waals surface area contributed by atoms with Gasteiger partial charge in [0.25, 0.3) is 0 Å². The highest BCUT2D eigenvalue weighted by molar-refractivity contribution is 5.90. The largest absolute Gasteiger partial charge is 0.457 e. The SMILES string of the molecule is CCNC1CN(C(=O)C2c3ccccc3Oc3ccccc32)C1. The predicted octanol–water partition coefficient (Wildman–Crippen LogP) is 2.74. The van der Waals surface area contributed by atoms with E-state index >= 15 is 0 Å². The Morgan fingerprint density at radius 1 is 1.09 bits per heavy atom. The molecule has 2 aromatic rings. The molecule has 0 bridgehead atoms. The molecule has 118 valence electrons. The van der Waals surface area contributed by atoms with E-state index in [1.807, 2.05) is 53.4 Å². The quantitative estimate of drug-likeness (QED) is 0.948. The fraction of sp³-hybridized carbons (Fsp3) is 0.316. The summed E-state index contributed by atoms with van der Waals surface area (Å²) in [5.74, 6) is 1.47. The van der Waals surface area contributed by atoms with E-state index in [1.54, 1.807) is 0 Å². The van der Waals surface area contributed by atoms with Crippen LogP contribution in [0.1, 0.15) is 24.0 Å². The number of nitrogens with zero attached hydrogens (tertiary/aromatic N) is 1. The summed E-state index contributed by atoms with van der Waals surface area (Å²) < 4.78 is 5.97. The Balaban J connectivity index is 1.67. The number of carbonyl (C=O) groups is 1. The standard InChI is InChI=1S/C19H20N2O2/c1-2-20-13-11-21(12-13)19(22)18-14-7-3-5-9-16(14)23-17-10-6-4-8-15(17)18/h3-10,13,18,20H,2,11-12H2,1H3. The maximum atomic E-state index is 13.1. The third kappa shape index (κ3) is 2.39. The molecule has 0 unspecified atom stereocenters. The highest BCUT2D eigenvalue weighted by Gasteiger charge is 2.39. The van der Waals surface area contributed by atoms with Gasteiger partial charge in [0.05, 0.1) is 5.92 Å². The zero-order valence-corrected chi connectivity index (χ0v) is 13.2. The van der Waals surface area contributed by atoms with Crippen LogP contribution in [-0.4, -0.2) is 36.5 Å². The number of nitrogens with one attached hydrogen (secondary N) is 1. The van der Waals surface area contributed by atoms with E-state index in [0.29, 0.717) is 6.04 Å². The Labute approximate surface area is 136 Å². The summed E-state index contributed by atoms with van der Waals surface area (Å²) >= 11 is 0. The molecule has 1 N–H and O–H groups in total. The minimum absolute atomic E-state index is 0.169. The molecule has 0 aliphatic carbocycles. The average Bonchev–Trinajstić information content (AvgIpc) is 2.55. The summed E-state index contributed by atoms with van der Waals surface area (Å²) in [4.78, 5) is 15.0. The summed E-state index contributed by atoms with van der Waals surface area (Å²) in [5, 5.41) is 3.39.